The fourth-order valence-electron chi connectivity index (χ4n) is 1.32. The Morgan fingerprint density at radius 1 is 1.38 bits per heavy atom. The minimum Gasteiger partial charge on any atom is -0.491 e. The van der Waals surface area contributed by atoms with Crippen molar-refractivity contribution >= 4 is 17.2 Å². The van der Waals surface area contributed by atoms with E-state index in [2.05, 4.69) is 0 Å². The standard InChI is InChI=1S/C12H17NO2S/c1-3-14-6-7-15-11-5-4-10(12(13)16)8-9(11)2/h4-5,8H,3,6-7H2,1-2H3,(H2,13,16). The molecule has 0 atom stereocenters. The Bertz CT molecular complexity index is 366. The molecule has 0 saturated carbocycles. The van der Waals surface area contributed by atoms with Crippen LogP contribution < -0.4 is 10.5 Å². The second-order valence-electron chi connectivity index (χ2n) is 3.39. The molecule has 16 heavy (non-hydrogen) atoms. The second kappa shape index (κ2) is 6.45. The van der Waals surface area contributed by atoms with Crippen molar-refractivity contribution < 1.29 is 9.47 Å². The van der Waals surface area contributed by atoms with E-state index < -0.39 is 0 Å². The average Bonchev–Trinajstić information content (AvgIpc) is 2.26. The molecule has 4 heteroatoms. The third-order valence-electron chi connectivity index (χ3n) is 2.15. The first-order valence-electron chi connectivity index (χ1n) is 5.26. The van der Waals surface area contributed by atoms with E-state index in [1.807, 2.05) is 32.0 Å². The van der Waals surface area contributed by atoms with Gasteiger partial charge in [-0.1, -0.05) is 12.2 Å². The van der Waals surface area contributed by atoms with E-state index in [0.717, 1.165) is 16.9 Å². The number of thiocarbonyl (C=S) groups is 1. The van der Waals surface area contributed by atoms with Gasteiger partial charge in [0.2, 0.25) is 0 Å². The summed E-state index contributed by atoms with van der Waals surface area (Å²) in [5.74, 6) is 0.847. The van der Waals surface area contributed by atoms with E-state index in [4.69, 9.17) is 27.4 Å². The van der Waals surface area contributed by atoms with E-state index in [1.165, 1.54) is 0 Å². The molecular weight excluding hydrogens is 222 g/mol. The molecule has 2 N–H and O–H groups in total. The Morgan fingerprint density at radius 2 is 2.12 bits per heavy atom. The maximum atomic E-state index is 5.56. The van der Waals surface area contributed by atoms with Crippen LogP contribution in [0.3, 0.4) is 0 Å². The van der Waals surface area contributed by atoms with Crippen LogP contribution in [0, 0.1) is 6.92 Å². The summed E-state index contributed by atoms with van der Waals surface area (Å²) in [6.07, 6.45) is 0. The summed E-state index contributed by atoms with van der Waals surface area (Å²) in [5, 5.41) is 0. The van der Waals surface area contributed by atoms with E-state index in [1.54, 1.807) is 0 Å². The molecule has 3 nitrogen and oxygen atoms in total. The summed E-state index contributed by atoms with van der Waals surface area (Å²) in [6, 6.07) is 5.68. The SMILES string of the molecule is CCOCCOc1ccc(C(N)=S)cc1C. The van der Waals surface area contributed by atoms with Crippen molar-refractivity contribution in [1.29, 1.82) is 0 Å². The largest absolute Gasteiger partial charge is 0.491 e. The number of nitrogens with two attached hydrogens (primary N) is 1. The predicted octanol–water partition coefficient (Wildman–Crippen LogP) is 2.04. The molecule has 0 unspecified atom stereocenters. The Hall–Kier alpha value is -1.13. The smallest absolute Gasteiger partial charge is 0.122 e. The van der Waals surface area contributed by atoms with Crippen LogP contribution in [0.5, 0.6) is 5.75 Å². The molecule has 0 aliphatic rings. The highest BCUT2D eigenvalue weighted by Crippen LogP contribution is 2.18. The lowest BCUT2D eigenvalue weighted by Gasteiger charge is -2.10. The van der Waals surface area contributed by atoms with Crippen LogP contribution in [0.2, 0.25) is 0 Å². The molecule has 0 bridgehead atoms. The molecule has 0 aromatic heterocycles. The molecule has 0 heterocycles. The van der Waals surface area contributed by atoms with E-state index in [-0.39, 0.29) is 0 Å². The molecule has 1 rings (SSSR count). The van der Waals surface area contributed by atoms with Gasteiger partial charge in [-0.3, -0.25) is 0 Å². The van der Waals surface area contributed by atoms with Gasteiger partial charge in [0.15, 0.2) is 0 Å². The quantitative estimate of drug-likeness (QED) is 0.609. The van der Waals surface area contributed by atoms with Crippen molar-refractivity contribution in [3.05, 3.63) is 29.3 Å². The van der Waals surface area contributed by atoms with Crippen molar-refractivity contribution in [2.75, 3.05) is 19.8 Å². The lowest BCUT2D eigenvalue weighted by molar-refractivity contribution is 0.110. The van der Waals surface area contributed by atoms with Crippen LogP contribution in [0.15, 0.2) is 18.2 Å². The highest BCUT2D eigenvalue weighted by atomic mass is 32.1. The summed E-state index contributed by atoms with van der Waals surface area (Å²) >= 11 is 4.90. The Morgan fingerprint density at radius 3 is 2.69 bits per heavy atom. The van der Waals surface area contributed by atoms with Crippen LogP contribution >= 0.6 is 12.2 Å². The van der Waals surface area contributed by atoms with Gasteiger partial charge in [-0.25, -0.2) is 0 Å². The van der Waals surface area contributed by atoms with Gasteiger partial charge in [0, 0.05) is 12.2 Å². The first-order valence-corrected chi connectivity index (χ1v) is 5.67. The third kappa shape index (κ3) is 3.79. The van der Waals surface area contributed by atoms with Crippen molar-refractivity contribution in [3.63, 3.8) is 0 Å². The summed E-state index contributed by atoms with van der Waals surface area (Å²) in [5.41, 5.74) is 7.44. The number of aryl methyl sites for hydroxylation is 1. The molecule has 0 spiro atoms. The molecule has 0 fully saturated rings. The van der Waals surface area contributed by atoms with Crippen LogP contribution in [-0.2, 0) is 4.74 Å². The normalized spacial score (nSPS) is 10.1. The maximum Gasteiger partial charge on any atom is 0.122 e. The summed E-state index contributed by atoms with van der Waals surface area (Å²) in [6.45, 7) is 5.80. The Kier molecular flexibility index (Phi) is 5.22. The molecule has 0 radical (unpaired) electrons. The molecule has 0 aliphatic carbocycles. The Labute approximate surface area is 102 Å². The molecule has 0 aliphatic heterocycles. The van der Waals surface area contributed by atoms with Gasteiger partial charge < -0.3 is 15.2 Å². The van der Waals surface area contributed by atoms with Crippen molar-refractivity contribution in [2.45, 2.75) is 13.8 Å². The molecule has 0 saturated heterocycles. The zero-order valence-corrected chi connectivity index (χ0v) is 10.5. The molecule has 0 amide bonds. The first-order chi connectivity index (χ1) is 7.65. The summed E-state index contributed by atoms with van der Waals surface area (Å²) in [7, 11) is 0. The monoisotopic (exact) mass is 239 g/mol. The highest BCUT2D eigenvalue weighted by Gasteiger charge is 2.02. The minimum atomic E-state index is 0.406. The van der Waals surface area contributed by atoms with Crippen LogP contribution in [0.25, 0.3) is 0 Å². The van der Waals surface area contributed by atoms with Gasteiger partial charge in [-0.15, -0.1) is 0 Å². The van der Waals surface area contributed by atoms with Crippen LogP contribution in [-0.4, -0.2) is 24.8 Å². The minimum absolute atomic E-state index is 0.406. The zero-order valence-electron chi connectivity index (χ0n) is 9.66. The fraction of sp³-hybridized carbons (Fsp3) is 0.417. The molecule has 1 aromatic rings. The maximum absolute atomic E-state index is 5.56. The topological polar surface area (TPSA) is 44.5 Å². The number of hydrogen-bond donors (Lipinski definition) is 1. The average molecular weight is 239 g/mol. The number of ether oxygens (including phenoxy) is 2. The van der Waals surface area contributed by atoms with Gasteiger partial charge in [0.1, 0.15) is 17.3 Å². The second-order valence-corrected chi connectivity index (χ2v) is 3.83. The fourth-order valence-corrected chi connectivity index (χ4v) is 1.45. The Balaban J connectivity index is 2.57. The van der Waals surface area contributed by atoms with E-state index in [9.17, 15) is 0 Å². The lowest BCUT2D eigenvalue weighted by atomic mass is 10.1. The van der Waals surface area contributed by atoms with Gasteiger partial charge >= 0.3 is 0 Å². The van der Waals surface area contributed by atoms with Crippen LogP contribution in [0.4, 0.5) is 0 Å². The summed E-state index contributed by atoms with van der Waals surface area (Å²) < 4.78 is 10.8. The van der Waals surface area contributed by atoms with Gasteiger partial charge in [-0.05, 0) is 37.6 Å². The van der Waals surface area contributed by atoms with E-state index in [0.29, 0.717) is 24.8 Å². The number of rotatable bonds is 6. The lowest BCUT2D eigenvalue weighted by Crippen LogP contribution is -2.10. The van der Waals surface area contributed by atoms with Crippen molar-refractivity contribution in [2.24, 2.45) is 5.73 Å². The van der Waals surface area contributed by atoms with Gasteiger partial charge in [0.05, 0.1) is 6.61 Å². The summed E-state index contributed by atoms with van der Waals surface area (Å²) in [4.78, 5) is 0.406. The third-order valence-corrected chi connectivity index (χ3v) is 2.38. The zero-order chi connectivity index (χ0) is 12.0. The van der Waals surface area contributed by atoms with Gasteiger partial charge in [0.25, 0.3) is 0 Å². The van der Waals surface area contributed by atoms with Crippen LogP contribution in [0.1, 0.15) is 18.1 Å². The first kappa shape index (κ1) is 12.9. The number of benzene rings is 1. The predicted molar refractivity (Wildman–Crippen MR) is 69.1 cm³/mol. The number of hydrogen-bond acceptors (Lipinski definition) is 3. The highest BCUT2D eigenvalue weighted by molar-refractivity contribution is 7.80. The molecular formula is C12H17NO2S. The van der Waals surface area contributed by atoms with Crippen molar-refractivity contribution in [1.82, 2.24) is 0 Å². The van der Waals surface area contributed by atoms with Gasteiger partial charge in [-0.2, -0.15) is 0 Å². The van der Waals surface area contributed by atoms with E-state index >= 15 is 0 Å². The molecule has 1 aromatic carbocycles. The van der Waals surface area contributed by atoms with Crippen molar-refractivity contribution in [3.8, 4) is 5.75 Å². The molecule has 88 valence electrons.